The van der Waals surface area contributed by atoms with E-state index in [0.29, 0.717) is 32.8 Å². The first-order valence-electron chi connectivity index (χ1n) is 9.33. The summed E-state index contributed by atoms with van der Waals surface area (Å²) in [5.41, 5.74) is 1.92. The standard InChI is InChI=1S/C20H23N3O6/c1-2-28-20(27)23-11-9-22(10-12-23)15-5-3-14(4-6-15)13-21-18(24)16-7-8-17(29-16)19(25)26/h3-8H,2,9-13H2,1H3,(H,21,24)(H,25,26)/p-1. The number of piperazine rings is 1. The van der Waals surface area contributed by atoms with Gasteiger partial charge in [0.15, 0.2) is 11.5 Å². The molecular formula is C20H22N3O6-. The van der Waals surface area contributed by atoms with Crippen molar-refractivity contribution < 1.29 is 28.6 Å². The second-order valence-corrected chi connectivity index (χ2v) is 6.47. The van der Waals surface area contributed by atoms with Crippen LogP contribution in [0.2, 0.25) is 0 Å². The van der Waals surface area contributed by atoms with Gasteiger partial charge in [0.25, 0.3) is 5.91 Å². The topological polar surface area (TPSA) is 115 Å². The number of rotatable bonds is 6. The van der Waals surface area contributed by atoms with Gasteiger partial charge in [-0.05, 0) is 36.8 Å². The van der Waals surface area contributed by atoms with Crippen molar-refractivity contribution in [2.24, 2.45) is 0 Å². The Labute approximate surface area is 167 Å². The number of amides is 2. The molecule has 1 aliphatic rings. The van der Waals surface area contributed by atoms with Crippen molar-refractivity contribution in [2.75, 3.05) is 37.7 Å². The van der Waals surface area contributed by atoms with Crippen LogP contribution in [0.5, 0.6) is 0 Å². The molecule has 3 rings (SSSR count). The highest BCUT2D eigenvalue weighted by atomic mass is 16.6. The van der Waals surface area contributed by atoms with Gasteiger partial charge in [0, 0.05) is 38.4 Å². The van der Waals surface area contributed by atoms with Gasteiger partial charge < -0.3 is 34.2 Å². The fraction of sp³-hybridized carbons (Fsp3) is 0.350. The highest BCUT2D eigenvalue weighted by Crippen LogP contribution is 2.18. The predicted molar refractivity (Wildman–Crippen MR) is 101 cm³/mol. The number of carboxylic acid groups (broad SMARTS) is 1. The Morgan fingerprint density at radius 2 is 1.69 bits per heavy atom. The van der Waals surface area contributed by atoms with Crippen molar-refractivity contribution in [1.29, 1.82) is 0 Å². The van der Waals surface area contributed by atoms with E-state index >= 15 is 0 Å². The van der Waals surface area contributed by atoms with E-state index in [1.165, 1.54) is 12.1 Å². The molecule has 2 heterocycles. The molecule has 9 heteroatoms. The van der Waals surface area contributed by atoms with Crippen LogP contribution < -0.4 is 15.3 Å². The van der Waals surface area contributed by atoms with Gasteiger partial charge in [0.2, 0.25) is 0 Å². The number of carbonyl (C=O) groups is 3. The van der Waals surface area contributed by atoms with Crippen molar-refractivity contribution in [3.8, 4) is 0 Å². The molecule has 1 aliphatic heterocycles. The lowest BCUT2D eigenvalue weighted by Crippen LogP contribution is -2.49. The minimum atomic E-state index is -1.47. The van der Waals surface area contributed by atoms with Gasteiger partial charge in [-0.1, -0.05) is 12.1 Å². The smallest absolute Gasteiger partial charge is 0.409 e. The molecule has 154 valence electrons. The number of aromatic carboxylic acids is 1. The van der Waals surface area contributed by atoms with E-state index in [-0.39, 0.29) is 24.2 Å². The lowest BCUT2D eigenvalue weighted by atomic mass is 10.1. The molecule has 1 aromatic heterocycles. The maximum absolute atomic E-state index is 12.0. The molecule has 29 heavy (non-hydrogen) atoms. The number of benzene rings is 1. The summed E-state index contributed by atoms with van der Waals surface area (Å²) >= 11 is 0. The second-order valence-electron chi connectivity index (χ2n) is 6.47. The van der Waals surface area contributed by atoms with E-state index in [1.54, 1.807) is 11.8 Å². The number of nitrogens with one attached hydrogen (secondary N) is 1. The summed E-state index contributed by atoms with van der Waals surface area (Å²) in [6, 6.07) is 10.2. The van der Waals surface area contributed by atoms with Crippen molar-refractivity contribution in [1.82, 2.24) is 10.2 Å². The second kappa shape index (κ2) is 9.13. The van der Waals surface area contributed by atoms with Crippen LogP contribution in [0, 0.1) is 0 Å². The van der Waals surface area contributed by atoms with E-state index < -0.39 is 11.9 Å². The number of furan rings is 1. The largest absolute Gasteiger partial charge is 0.542 e. The predicted octanol–water partition coefficient (Wildman–Crippen LogP) is 0.852. The third-order valence-corrected chi connectivity index (χ3v) is 4.59. The average molecular weight is 400 g/mol. The summed E-state index contributed by atoms with van der Waals surface area (Å²) < 4.78 is 9.94. The zero-order valence-electron chi connectivity index (χ0n) is 16.1. The molecule has 0 atom stereocenters. The van der Waals surface area contributed by atoms with Crippen LogP contribution in [0.4, 0.5) is 10.5 Å². The van der Waals surface area contributed by atoms with Gasteiger partial charge in [-0.25, -0.2) is 4.79 Å². The zero-order chi connectivity index (χ0) is 20.8. The Morgan fingerprint density at radius 3 is 2.28 bits per heavy atom. The summed E-state index contributed by atoms with van der Waals surface area (Å²) in [7, 11) is 0. The van der Waals surface area contributed by atoms with Crippen LogP contribution in [0.15, 0.2) is 40.8 Å². The Hall–Kier alpha value is -3.49. The fourth-order valence-corrected chi connectivity index (χ4v) is 3.03. The van der Waals surface area contributed by atoms with Crippen LogP contribution >= 0.6 is 0 Å². The van der Waals surface area contributed by atoms with E-state index in [0.717, 1.165) is 11.3 Å². The Kier molecular flexibility index (Phi) is 6.38. The molecule has 1 saturated heterocycles. The van der Waals surface area contributed by atoms with Gasteiger partial charge >= 0.3 is 6.09 Å². The van der Waals surface area contributed by atoms with Crippen molar-refractivity contribution >= 4 is 23.7 Å². The first kappa shape index (κ1) is 20.2. The minimum absolute atomic E-state index is 0.0831. The van der Waals surface area contributed by atoms with Crippen LogP contribution in [0.3, 0.4) is 0 Å². The van der Waals surface area contributed by atoms with Crippen molar-refractivity contribution in [3.63, 3.8) is 0 Å². The summed E-state index contributed by atoms with van der Waals surface area (Å²) in [5, 5.41) is 13.4. The monoisotopic (exact) mass is 400 g/mol. The van der Waals surface area contributed by atoms with E-state index in [9.17, 15) is 19.5 Å². The van der Waals surface area contributed by atoms with E-state index in [2.05, 4.69) is 10.2 Å². The van der Waals surface area contributed by atoms with Crippen LogP contribution in [0.1, 0.15) is 33.6 Å². The van der Waals surface area contributed by atoms with E-state index in [1.807, 2.05) is 24.3 Å². The molecule has 1 N–H and O–H groups in total. The van der Waals surface area contributed by atoms with Crippen LogP contribution in [-0.2, 0) is 11.3 Å². The molecule has 1 aromatic carbocycles. The number of ether oxygens (including phenoxy) is 1. The van der Waals surface area contributed by atoms with Gasteiger partial charge in [0.1, 0.15) is 5.97 Å². The third kappa shape index (κ3) is 5.07. The lowest BCUT2D eigenvalue weighted by molar-refractivity contribution is -0.257. The van der Waals surface area contributed by atoms with Crippen molar-refractivity contribution in [3.05, 3.63) is 53.5 Å². The molecule has 0 spiro atoms. The molecule has 0 aliphatic carbocycles. The van der Waals surface area contributed by atoms with E-state index in [4.69, 9.17) is 9.15 Å². The minimum Gasteiger partial charge on any atom is -0.542 e. The SMILES string of the molecule is CCOC(=O)N1CCN(c2ccc(CNC(=O)c3ccc(C(=O)[O-])o3)cc2)CC1. The Bertz CT molecular complexity index is 869. The quantitative estimate of drug-likeness (QED) is 0.764. The number of nitrogens with zero attached hydrogens (tertiary/aromatic N) is 2. The molecule has 1 fully saturated rings. The van der Waals surface area contributed by atoms with Crippen LogP contribution in [0.25, 0.3) is 0 Å². The normalized spacial score (nSPS) is 13.8. The highest BCUT2D eigenvalue weighted by Gasteiger charge is 2.22. The molecule has 2 aromatic rings. The molecule has 0 radical (unpaired) electrons. The number of hydrogen-bond acceptors (Lipinski definition) is 7. The molecule has 0 saturated carbocycles. The first-order chi connectivity index (χ1) is 14.0. The number of hydrogen-bond donors (Lipinski definition) is 1. The molecule has 9 nitrogen and oxygen atoms in total. The Balaban J connectivity index is 1.49. The summed E-state index contributed by atoms with van der Waals surface area (Å²) in [4.78, 5) is 38.4. The number of carboxylic acids is 1. The zero-order valence-corrected chi connectivity index (χ0v) is 16.1. The first-order valence-corrected chi connectivity index (χ1v) is 9.33. The Morgan fingerprint density at radius 1 is 1.03 bits per heavy atom. The summed E-state index contributed by atoms with van der Waals surface area (Å²) in [6.45, 7) is 5.08. The highest BCUT2D eigenvalue weighted by molar-refractivity contribution is 5.93. The lowest BCUT2D eigenvalue weighted by Gasteiger charge is -2.35. The summed E-state index contributed by atoms with van der Waals surface area (Å²) in [6.07, 6.45) is -0.276. The fourth-order valence-electron chi connectivity index (χ4n) is 3.03. The van der Waals surface area contributed by atoms with Gasteiger partial charge in [-0.15, -0.1) is 0 Å². The average Bonchev–Trinajstić information content (AvgIpc) is 3.23. The number of anilines is 1. The van der Waals surface area contributed by atoms with Crippen molar-refractivity contribution in [2.45, 2.75) is 13.5 Å². The maximum Gasteiger partial charge on any atom is 0.409 e. The maximum atomic E-state index is 12.0. The molecule has 0 unspecified atom stereocenters. The molecular weight excluding hydrogens is 378 g/mol. The number of carbonyl (C=O) groups excluding carboxylic acids is 3. The molecule has 2 amide bonds. The molecule has 0 bridgehead atoms. The third-order valence-electron chi connectivity index (χ3n) is 4.59. The van der Waals surface area contributed by atoms with Crippen LogP contribution in [-0.4, -0.2) is 55.7 Å². The van der Waals surface area contributed by atoms with Gasteiger partial charge in [0.05, 0.1) is 6.61 Å². The van der Waals surface area contributed by atoms with Gasteiger partial charge in [-0.2, -0.15) is 0 Å². The van der Waals surface area contributed by atoms with Gasteiger partial charge in [-0.3, -0.25) is 4.79 Å². The summed E-state index contributed by atoms with van der Waals surface area (Å²) in [5.74, 6) is -2.44.